The van der Waals surface area contributed by atoms with Gasteiger partial charge in [-0.3, -0.25) is 4.55 Å². The molecule has 72 valence electrons. The molecule has 0 heterocycles. The lowest BCUT2D eigenvalue weighted by Gasteiger charge is -2.07. The van der Waals surface area contributed by atoms with Crippen molar-refractivity contribution in [2.45, 2.75) is 12.2 Å². The number of rotatable bonds is 2. The molecule has 0 amide bonds. The Kier molecular flexibility index (Phi) is 2.58. The number of benzene rings is 1. The van der Waals surface area contributed by atoms with Crippen molar-refractivity contribution in [3.63, 3.8) is 0 Å². The molecule has 0 fully saturated rings. The van der Waals surface area contributed by atoms with Crippen molar-refractivity contribution < 1.29 is 18.1 Å². The van der Waals surface area contributed by atoms with Gasteiger partial charge in [-0.15, -0.1) is 0 Å². The second-order valence-corrected chi connectivity index (χ2v) is 4.49. The summed E-state index contributed by atoms with van der Waals surface area (Å²) in [6.45, 7) is 1.38. The summed E-state index contributed by atoms with van der Waals surface area (Å²) in [7, 11) is -4.05. The van der Waals surface area contributed by atoms with Gasteiger partial charge in [0.05, 0.1) is 0 Å². The highest BCUT2D eigenvalue weighted by Gasteiger charge is 2.18. The van der Waals surface area contributed by atoms with Gasteiger partial charge in [0.25, 0.3) is 10.1 Å². The molecule has 0 saturated carbocycles. The van der Waals surface area contributed by atoms with Crippen molar-refractivity contribution in [1.29, 1.82) is 0 Å². The molecule has 13 heavy (non-hydrogen) atoms. The van der Waals surface area contributed by atoms with Crippen molar-refractivity contribution in [2.75, 3.05) is 0 Å². The average Bonchev–Trinajstić information content (AvgIpc) is 2.03. The second kappa shape index (κ2) is 3.35. The minimum Gasteiger partial charge on any atom is -0.508 e. The maximum atomic E-state index is 10.7. The van der Waals surface area contributed by atoms with Crippen molar-refractivity contribution >= 4 is 10.1 Å². The van der Waals surface area contributed by atoms with Crippen molar-refractivity contribution in [3.05, 3.63) is 29.8 Å². The lowest BCUT2D eigenvalue weighted by atomic mass is 10.2. The molecule has 1 aromatic carbocycles. The van der Waals surface area contributed by atoms with E-state index < -0.39 is 15.4 Å². The van der Waals surface area contributed by atoms with Crippen LogP contribution in [0.2, 0.25) is 0 Å². The summed E-state index contributed by atoms with van der Waals surface area (Å²) in [5.41, 5.74) is 0.445. The quantitative estimate of drug-likeness (QED) is 0.710. The molecule has 0 aliphatic carbocycles. The van der Waals surface area contributed by atoms with Gasteiger partial charge in [0.15, 0.2) is 0 Å². The Hall–Kier alpha value is -1.07. The van der Waals surface area contributed by atoms with Crippen LogP contribution in [0.25, 0.3) is 0 Å². The minimum absolute atomic E-state index is 0.0614. The number of phenols is 1. The van der Waals surface area contributed by atoms with Crippen molar-refractivity contribution in [3.8, 4) is 5.75 Å². The van der Waals surface area contributed by atoms with Gasteiger partial charge >= 0.3 is 0 Å². The Bertz CT molecular complexity index is 379. The molecule has 0 aromatic heterocycles. The highest BCUT2D eigenvalue weighted by molar-refractivity contribution is 7.86. The molecule has 0 bridgehead atoms. The predicted molar refractivity (Wildman–Crippen MR) is 48.1 cm³/mol. The first-order chi connectivity index (χ1) is 5.91. The Morgan fingerprint density at radius 2 is 1.69 bits per heavy atom. The van der Waals surface area contributed by atoms with E-state index in [2.05, 4.69) is 0 Å². The number of aromatic hydroxyl groups is 1. The third kappa shape index (κ3) is 2.43. The van der Waals surface area contributed by atoms with E-state index in [0.29, 0.717) is 5.56 Å². The molecule has 0 spiro atoms. The maximum absolute atomic E-state index is 10.7. The van der Waals surface area contributed by atoms with E-state index in [0.717, 1.165) is 0 Å². The van der Waals surface area contributed by atoms with Crippen LogP contribution in [0.1, 0.15) is 17.7 Å². The molecule has 4 nitrogen and oxygen atoms in total. The van der Waals surface area contributed by atoms with Gasteiger partial charge < -0.3 is 5.11 Å². The first-order valence-corrected chi connectivity index (χ1v) is 5.17. The zero-order valence-corrected chi connectivity index (χ0v) is 7.82. The fraction of sp³-hybridized carbons (Fsp3) is 0.250. The molecule has 1 rings (SSSR count). The number of phenolic OH excluding ortho intramolecular Hbond substituents is 1. The molecule has 0 radical (unpaired) electrons. The van der Waals surface area contributed by atoms with Crippen LogP contribution in [0.3, 0.4) is 0 Å². The third-order valence-electron chi connectivity index (χ3n) is 1.81. The summed E-state index contributed by atoms with van der Waals surface area (Å²) in [4.78, 5) is 0. The molecular formula is C8H10O4S. The standard InChI is InChI=1S/C8H10O4S/c1-6(13(10,11)12)7-2-4-8(9)5-3-7/h2-6,9H,1H3,(H,10,11,12). The van der Waals surface area contributed by atoms with Gasteiger partial charge in [0.2, 0.25) is 0 Å². The molecule has 0 aliphatic heterocycles. The zero-order valence-electron chi connectivity index (χ0n) is 7.01. The maximum Gasteiger partial charge on any atom is 0.271 e. The van der Waals surface area contributed by atoms with Crippen molar-refractivity contribution in [2.24, 2.45) is 0 Å². The normalized spacial score (nSPS) is 14.0. The van der Waals surface area contributed by atoms with E-state index in [9.17, 15) is 8.42 Å². The van der Waals surface area contributed by atoms with E-state index >= 15 is 0 Å². The summed E-state index contributed by atoms with van der Waals surface area (Å²) in [6, 6.07) is 5.65. The summed E-state index contributed by atoms with van der Waals surface area (Å²) in [5, 5.41) is 7.96. The van der Waals surface area contributed by atoms with Crippen LogP contribution in [-0.2, 0) is 10.1 Å². The van der Waals surface area contributed by atoms with Gasteiger partial charge in [-0.25, -0.2) is 0 Å². The Morgan fingerprint density at radius 1 is 1.23 bits per heavy atom. The third-order valence-corrected chi connectivity index (χ3v) is 2.98. The van der Waals surface area contributed by atoms with Crippen molar-refractivity contribution in [1.82, 2.24) is 0 Å². The topological polar surface area (TPSA) is 74.6 Å². The summed E-state index contributed by atoms with van der Waals surface area (Å²) < 4.78 is 30.1. The number of hydrogen-bond acceptors (Lipinski definition) is 3. The van der Waals surface area contributed by atoms with Gasteiger partial charge in [0, 0.05) is 0 Å². The van der Waals surface area contributed by atoms with Crippen LogP contribution in [-0.4, -0.2) is 18.1 Å². The highest BCUT2D eigenvalue weighted by atomic mass is 32.2. The fourth-order valence-corrected chi connectivity index (χ4v) is 1.42. The van der Waals surface area contributed by atoms with Crippen LogP contribution in [0.5, 0.6) is 5.75 Å². The van der Waals surface area contributed by atoms with Crippen LogP contribution in [0.15, 0.2) is 24.3 Å². The van der Waals surface area contributed by atoms with Crippen LogP contribution in [0.4, 0.5) is 0 Å². The van der Waals surface area contributed by atoms with Gasteiger partial charge in [-0.2, -0.15) is 8.42 Å². The summed E-state index contributed by atoms with van der Waals surface area (Å²) in [5.74, 6) is 0.0614. The van der Waals surface area contributed by atoms with Gasteiger partial charge in [-0.05, 0) is 24.6 Å². The molecule has 2 N–H and O–H groups in total. The minimum atomic E-state index is -4.05. The second-order valence-electron chi connectivity index (χ2n) is 2.75. The molecule has 1 atom stereocenters. The van der Waals surface area contributed by atoms with Crippen LogP contribution >= 0.6 is 0 Å². The lowest BCUT2D eigenvalue weighted by molar-refractivity contribution is 0.469. The Morgan fingerprint density at radius 3 is 2.08 bits per heavy atom. The summed E-state index contributed by atoms with van der Waals surface area (Å²) >= 11 is 0. The zero-order chi connectivity index (χ0) is 10.1. The lowest BCUT2D eigenvalue weighted by Crippen LogP contribution is -2.07. The van der Waals surface area contributed by atoms with Gasteiger partial charge in [-0.1, -0.05) is 12.1 Å². The molecule has 5 heteroatoms. The monoisotopic (exact) mass is 202 g/mol. The molecular weight excluding hydrogens is 192 g/mol. The first-order valence-electron chi connectivity index (χ1n) is 3.66. The van der Waals surface area contributed by atoms with Crippen LogP contribution in [0, 0.1) is 0 Å². The van der Waals surface area contributed by atoms with Crippen LogP contribution < -0.4 is 0 Å². The van der Waals surface area contributed by atoms with Gasteiger partial charge in [0.1, 0.15) is 11.0 Å². The predicted octanol–water partition coefficient (Wildman–Crippen LogP) is 1.34. The SMILES string of the molecule is CC(c1ccc(O)cc1)S(=O)(=O)O. The van der Waals surface area contributed by atoms with E-state index in [4.69, 9.17) is 9.66 Å². The highest BCUT2D eigenvalue weighted by Crippen LogP contribution is 2.22. The molecule has 0 aliphatic rings. The first kappa shape index (κ1) is 10.0. The number of hydrogen-bond donors (Lipinski definition) is 2. The average molecular weight is 202 g/mol. The summed E-state index contributed by atoms with van der Waals surface area (Å²) in [6.07, 6.45) is 0. The molecule has 1 aromatic rings. The van der Waals surface area contributed by atoms with E-state index in [1.807, 2.05) is 0 Å². The Labute approximate surface area is 76.6 Å². The fourth-order valence-electron chi connectivity index (χ4n) is 0.917. The smallest absolute Gasteiger partial charge is 0.271 e. The van der Waals surface area contributed by atoms with E-state index in [1.54, 1.807) is 0 Å². The Balaban J connectivity index is 3.04. The largest absolute Gasteiger partial charge is 0.508 e. The van der Waals surface area contributed by atoms with E-state index in [-0.39, 0.29) is 5.75 Å². The van der Waals surface area contributed by atoms with E-state index in [1.165, 1.54) is 31.2 Å². The molecule has 1 unspecified atom stereocenters. The molecule has 0 saturated heterocycles.